The molecular formula is C20H37N2+. The van der Waals surface area contributed by atoms with Crippen molar-refractivity contribution in [2.75, 3.05) is 13.1 Å². The summed E-state index contributed by atoms with van der Waals surface area (Å²) in [6.07, 6.45) is 15.3. The highest BCUT2D eigenvalue weighted by molar-refractivity contribution is 5.12. The summed E-state index contributed by atoms with van der Waals surface area (Å²) in [6, 6.07) is 10.8. The second kappa shape index (κ2) is 15.1. The van der Waals surface area contributed by atoms with Gasteiger partial charge in [0.1, 0.15) is 6.54 Å². The minimum atomic E-state index is 0.864. The maximum atomic E-state index is 5.50. The van der Waals surface area contributed by atoms with Gasteiger partial charge >= 0.3 is 0 Å². The van der Waals surface area contributed by atoms with E-state index in [1.54, 1.807) is 0 Å². The molecule has 0 aliphatic rings. The summed E-state index contributed by atoms with van der Waals surface area (Å²) in [4.78, 5) is 0. The zero-order valence-corrected chi connectivity index (χ0v) is 14.4. The molecule has 1 aromatic rings. The first-order chi connectivity index (χ1) is 10.9. The fraction of sp³-hybridized carbons (Fsp3) is 0.700. The lowest BCUT2D eigenvalue weighted by Crippen LogP contribution is -2.82. The maximum absolute atomic E-state index is 5.50. The first-order valence-electron chi connectivity index (χ1n) is 9.49. The molecular weight excluding hydrogens is 268 g/mol. The Kier molecular flexibility index (Phi) is 13.1. The minimum Gasteiger partial charge on any atom is -0.343 e. The van der Waals surface area contributed by atoms with Gasteiger partial charge in [0.2, 0.25) is 0 Å². The maximum Gasteiger partial charge on any atom is 0.101 e. The van der Waals surface area contributed by atoms with Gasteiger partial charge in [0.15, 0.2) is 0 Å². The van der Waals surface area contributed by atoms with Gasteiger partial charge in [-0.1, -0.05) is 81.7 Å². The van der Waals surface area contributed by atoms with E-state index >= 15 is 0 Å². The zero-order chi connectivity index (χ0) is 15.7. The standard InChI is InChI=1S/C20H36N2/c21-17-13-8-6-4-2-1-3-5-7-9-14-18-22-19-20-15-11-10-12-16-20/h10-12,15-16,22H,1-9,13-14,17-19,21H2/p+1. The fourth-order valence-electron chi connectivity index (χ4n) is 2.91. The molecule has 22 heavy (non-hydrogen) atoms. The Morgan fingerprint density at radius 1 is 0.636 bits per heavy atom. The number of quaternary nitrogens is 1. The van der Waals surface area contributed by atoms with E-state index in [0.717, 1.165) is 13.1 Å². The van der Waals surface area contributed by atoms with E-state index < -0.39 is 0 Å². The molecule has 0 bridgehead atoms. The SMILES string of the molecule is NCCCCCCCCCCCCC[NH2+]Cc1ccccc1. The lowest BCUT2D eigenvalue weighted by Gasteiger charge is -2.03. The van der Waals surface area contributed by atoms with E-state index in [0.29, 0.717) is 0 Å². The second-order valence-electron chi connectivity index (χ2n) is 6.44. The van der Waals surface area contributed by atoms with Gasteiger partial charge in [0, 0.05) is 5.56 Å². The third-order valence-electron chi connectivity index (χ3n) is 4.34. The van der Waals surface area contributed by atoms with E-state index in [1.165, 1.54) is 82.7 Å². The molecule has 1 rings (SSSR count). The van der Waals surface area contributed by atoms with E-state index in [1.807, 2.05) is 0 Å². The molecule has 0 saturated carbocycles. The Morgan fingerprint density at radius 3 is 1.68 bits per heavy atom. The molecule has 0 fully saturated rings. The van der Waals surface area contributed by atoms with E-state index in [9.17, 15) is 0 Å². The molecule has 0 aromatic heterocycles. The van der Waals surface area contributed by atoms with Gasteiger partial charge in [-0.3, -0.25) is 0 Å². The van der Waals surface area contributed by atoms with Crippen LogP contribution in [0.5, 0.6) is 0 Å². The van der Waals surface area contributed by atoms with Crippen LogP contribution in [-0.4, -0.2) is 13.1 Å². The Hall–Kier alpha value is -0.860. The van der Waals surface area contributed by atoms with Gasteiger partial charge in [-0.05, 0) is 25.8 Å². The first kappa shape index (κ1) is 19.2. The van der Waals surface area contributed by atoms with Crippen molar-refractivity contribution in [3.63, 3.8) is 0 Å². The average molecular weight is 306 g/mol. The average Bonchev–Trinajstić information content (AvgIpc) is 2.56. The third-order valence-corrected chi connectivity index (χ3v) is 4.34. The van der Waals surface area contributed by atoms with Crippen LogP contribution in [-0.2, 0) is 6.54 Å². The van der Waals surface area contributed by atoms with Crippen molar-refractivity contribution in [3.05, 3.63) is 35.9 Å². The van der Waals surface area contributed by atoms with Crippen LogP contribution in [0.2, 0.25) is 0 Å². The number of rotatable bonds is 15. The molecule has 0 radical (unpaired) electrons. The Morgan fingerprint density at radius 2 is 1.14 bits per heavy atom. The van der Waals surface area contributed by atoms with E-state index in [4.69, 9.17) is 5.73 Å². The highest BCUT2D eigenvalue weighted by atomic mass is 14.8. The van der Waals surface area contributed by atoms with Gasteiger partial charge in [-0.2, -0.15) is 0 Å². The molecule has 0 heterocycles. The highest BCUT2D eigenvalue weighted by Gasteiger charge is 1.96. The topological polar surface area (TPSA) is 42.6 Å². The van der Waals surface area contributed by atoms with Crippen LogP contribution in [0.15, 0.2) is 30.3 Å². The highest BCUT2D eigenvalue weighted by Crippen LogP contribution is 2.10. The molecule has 0 atom stereocenters. The number of hydrogen-bond donors (Lipinski definition) is 2. The van der Waals surface area contributed by atoms with Gasteiger partial charge in [-0.15, -0.1) is 0 Å². The molecule has 126 valence electrons. The molecule has 0 saturated heterocycles. The van der Waals surface area contributed by atoms with Crippen molar-refractivity contribution in [1.82, 2.24) is 0 Å². The van der Waals surface area contributed by atoms with Crippen LogP contribution in [0.3, 0.4) is 0 Å². The molecule has 0 aliphatic heterocycles. The monoisotopic (exact) mass is 305 g/mol. The van der Waals surface area contributed by atoms with Crippen LogP contribution in [0, 0.1) is 0 Å². The molecule has 0 unspecified atom stereocenters. The van der Waals surface area contributed by atoms with E-state index in [2.05, 4.69) is 35.6 Å². The predicted octanol–water partition coefficient (Wildman–Crippen LogP) is 4.00. The van der Waals surface area contributed by atoms with Crippen molar-refractivity contribution < 1.29 is 5.32 Å². The largest absolute Gasteiger partial charge is 0.343 e. The van der Waals surface area contributed by atoms with Crippen molar-refractivity contribution in [2.24, 2.45) is 5.73 Å². The predicted molar refractivity (Wildman–Crippen MR) is 96.8 cm³/mol. The Labute approximate surface area is 137 Å². The van der Waals surface area contributed by atoms with Crippen LogP contribution in [0.4, 0.5) is 0 Å². The number of hydrogen-bond acceptors (Lipinski definition) is 1. The molecule has 1 aromatic carbocycles. The lowest BCUT2D eigenvalue weighted by atomic mass is 10.1. The molecule has 2 heteroatoms. The summed E-state index contributed by atoms with van der Waals surface area (Å²) in [5, 5.41) is 2.44. The number of benzene rings is 1. The second-order valence-corrected chi connectivity index (χ2v) is 6.44. The Bertz CT molecular complexity index is 324. The first-order valence-corrected chi connectivity index (χ1v) is 9.49. The van der Waals surface area contributed by atoms with Crippen LogP contribution in [0.1, 0.15) is 76.2 Å². The van der Waals surface area contributed by atoms with Crippen LogP contribution >= 0.6 is 0 Å². The van der Waals surface area contributed by atoms with Crippen molar-refractivity contribution in [3.8, 4) is 0 Å². The third kappa shape index (κ3) is 11.8. The fourth-order valence-corrected chi connectivity index (χ4v) is 2.91. The van der Waals surface area contributed by atoms with Crippen molar-refractivity contribution >= 4 is 0 Å². The normalized spacial score (nSPS) is 11.0. The smallest absolute Gasteiger partial charge is 0.101 e. The summed E-state index contributed by atoms with van der Waals surface area (Å²) in [5.74, 6) is 0. The van der Waals surface area contributed by atoms with Crippen LogP contribution in [0.25, 0.3) is 0 Å². The molecule has 4 N–H and O–H groups in total. The van der Waals surface area contributed by atoms with Gasteiger partial charge in [0.25, 0.3) is 0 Å². The molecule has 0 amide bonds. The number of nitrogens with two attached hydrogens (primary N) is 2. The van der Waals surface area contributed by atoms with Gasteiger partial charge in [-0.25, -0.2) is 0 Å². The summed E-state index contributed by atoms with van der Waals surface area (Å²) >= 11 is 0. The summed E-state index contributed by atoms with van der Waals surface area (Å²) in [5.41, 5.74) is 6.93. The van der Waals surface area contributed by atoms with Crippen molar-refractivity contribution in [1.29, 1.82) is 0 Å². The minimum absolute atomic E-state index is 0.864. The molecule has 0 aliphatic carbocycles. The summed E-state index contributed by atoms with van der Waals surface area (Å²) in [7, 11) is 0. The van der Waals surface area contributed by atoms with Gasteiger partial charge in [0.05, 0.1) is 6.54 Å². The molecule has 2 nitrogen and oxygen atoms in total. The zero-order valence-electron chi connectivity index (χ0n) is 14.4. The molecule has 0 spiro atoms. The lowest BCUT2D eigenvalue weighted by molar-refractivity contribution is -0.671. The quantitative estimate of drug-likeness (QED) is 0.473. The summed E-state index contributed by atoms with van der Waals surface area (Å²) < 4.78 is 0. The van der Waals surface area contributed by atoms with Gasteiger partial charge < -0.3 is 11.1 Å². The number of unbranched alkanes of at least 4 members (excludes halogenated alkanes) is 10. The van der Waals surface area contributed by atoms with Crippen LogP contribution < -0.4 is 11.1 Å². The summed E-state index contributed by atoms with van der Waals surface area (Å²) in [6.45, 7) is 3.27. The van der Waals surface area contributed by atoms with E-state index in [-0.39, 0.29) is 0 Å². The van der Waals surface area contributed by atoms with Crippen molar-refractivity contribution in [2.45, 2.75) is 77.2 Å². The Balaban J connectivity index is 1.73.